The molecule has 6 heteroatoms. The first-order valence-corrected chi connectivity index (χ1v) is 9.13. The minimum absolute atomic E-state index is 0.101. The van der Waals surface area contributed by atoms with Gasteiger partial charge in [0.25, 0.3) is 5.91 Å². The van der Waals surface area contributed by atoms with Crippen molar-refractivity contribution in [2.75, 3.05) is 5.32 Å². The molecule has 0 aliphatic carbocycles. The number of amides is 1. The predicted octanol–water partition coefficient (Wildman–Crippen LogP) is 5.27. The van der Waals surface area contributed by atoms with Crippen LogP contribution in [0, 0.1) is 5.82 Å². The Morgan fingerprint density at radius 3 is 2.59 bits per heavy atom. The minimum atomic E-state index is -0.363. The molecule has 0 bridgehead atoms. The van der Waals surface area contributed by atoms with Crippen LogP contribution >= 0.6 is 11.3 Å². The number of halogens is 1. The van der Waals surface area contributed by atoms with Crippen molar-refractivity contribution in [1.29, 1.82) is 0 Å². The standard InChI is InChI=1S/C21H15FN2O2S/c22-17-7-4-8-18-19(17)16(13-26-15-5-2-1-3-6-15)20(27-18)21(25)24-14-9-11-23-12-10-14/h1-12H,13H2,(H,23,24,25). The lowest BCUT2D eigenvalue weighted by Crippen LogP contribution is -2.13. The molecule has 2 aromatic heterocycles. The molecule has 27 heavy (non-hydrogen) atoms. The summed E-state index contributed by atoms with van der Waals surface area (Å²) >= 11 is 1.25. The number of pyridine rings is 1. The number of para-hydroxylation sites is 1. The van der Waals surface area contributed by atoms with E-state index in [1.165, 1.54) is 17.4 Å². The zero-order valence-corrected chi connectivity index (χ0v) is 15.0. The summed E-state index contributed by atoms with van der Waals surface area (Å²) in [6.07, 6.45) is 3.19. The van der Waals surface area contributed by atoms with Gasteiger partial charge >= 0.3 is 0 Å². The highest BCUT2D eigenvalue weighted by molar-refractivity contribution is 7.21. The maximum Gasteiger partial charge on any atom is 0.266 e. The smallest absolute Gasteiger partial charge is 0.266 e. The molecular formula is C21H15FN2O2S. The second-order valence-electron chi connectivity index (χ2n) is 5.81. The van der Waals surface area contributed by atoms with E-state index >= 15 is 0 Å². The van der Waals surface area contributed by atoms with Gasteiger partial charge in [0.2, 0.25) is 0 Å². The number of hydrogen-bond donors (Lipinski definition) is 1. The average molecular weight is 378 g/mol. The Kier molecular flexibility index (Phi) is 4.80. The van der Waals surface area contributed by atoms with E-state index in [0.717, 1.165) is 0 Å². The summed E-state index contributed by atoms with van der Waals surface area (Å²) in [5.41, 5.74) is 1.17. The van der Waals surface area contributed by atoms with Gasteiger partial charge in [0.15, 0.2) is 0 Å². The largest absolute Gasteiger partial charge is 0.489 e. The first-order valence-electron chi connectivity index (χ1n) is 8.31. The first kappa shape index (κ1) is 17.2. The minimum Gasteiger partial charge on any atom is -0.489 e. The van der Waals surface area contributed by atoms with E-state index in [1.54, 1.807) is 36.7 Å². The molecule has 0 aliphatic rings. The van der Waals surface area contributed by atoms with Gasteiger partial charge < -0.3 is 10.1 Å². The van der Waals surface area contributed by atoms with E-state index in [1.807, 2.05) is 30.3 Å². The topological polar surface area (TPSA) is 51.2 Å². The van der Waals surface area contributed by atoms with Crippen LogP contribution in [-0.2, 0) is 6.61 Å². The molecular weight excluding hydrogens is 363 g/mol. The summed E-state index contributed by atoms with van der Waals surface area (Å²) in [4.78, 5) is 17.2. The molecule has 4 nitrogen and oxygen atoms in total. The third-order valence-electron chi connectivity index (χ3n) is 4.03. The molecule has 134 valence electrons. The van der Waals surface area contributed by atoms with Gasteiger partial charge in [0.1, 0.15) is 23.1 Å². The number of nitrogens with zero attached hydrogens (tertiary/aromatic N) is 1. The highest BCUT2D eigenvalue weighted by atomic mass is 32.1. The van der Waals surface area contributed by atoms with Crippen molar-refractivity contribution in [2.24, 2.45) is 0 Å². The Balaban J connectivity index is 1.70. The fourth-order valence-corrected chi connectivity index (χ4v) is 3.90. The highest BCUT2D eigenvalue weighted by Gasteiger charge is 2.21. The van der Waals surface area contributed by atoms with Crippen LogP contribution in [0.3, 0.4) is 0 Å². The van der Waals surface area contributed by atoms with Crippen molar-refractivity contribution < 1.29 is 13.9 Å². The van der Waals surface area contributed by atoms with Crippen molar-refractivity contribution in [3.05, 3.63) is 89.3 Å². The number of nitrogens with one attached hydrogen (secondary N) is 1. The quantitative estimate of drug-likeness (QED) is 0.515. The molecule has 4 rings (SSSR count). The predicted molar refractivity (Wildman–Crippen MR) is 105 cm³/mol. The SMILES string of the molecule is O=C(Nc1ccncc1)c1sc2cccc(F)c2c1COc1ccccc1. The lowest BCUT2D eigenvalue weighted by Gasteiger charge is -2.09. The zero-order chi connectivity index (χ0) is 18.6. The van der Waals surface area contributed by atoms with Gasteiger partial charge in [-0.05, 0) is 36.4 Å². The van der Waals surface area contributed by atoms with Gasteiger partial charge in [-0.25, -0.2) is 4.39 Å². The molecule has 0 saturated heterocycles. The molecule has 0 unspecified atom stereocenters. The van der Waals surface area contributed by atoms with E-state index in [9.17, 15) is 9.18 Å². The zero-order valence-electron chi connectivity index (χ0n) is 14.2. The number of anilines is 1. The van der Waals surface area contributed by atoms with E-state index in [4.69, 9.17) is 4.74 Å². The summed E-state index contributed by atoms with van der Waals surface area (Å²) in [5, 5.41) is 3.26. The van der Waals surface area contributed by atoms with Crippen LogP contribution in [0.4, 0.5) is 10.1 Å². The lowest BCUT2D eigenvalue weighted by molar-refractivity contribution is 0.102. The molecule has 2 heterocycles. The van der Waals surface area contributed by atoms with E-state index in [-0.39, 0.29) is 18.3 Å². The number of thiophene rings is 1. The third-order valence-corrected chi connectivity index (χ3v) is 5.23. The number of carbonyl (C=O) groups excluding carboxylic acids is 1. The van der Waals surface area contributed by atoms with Gasteiger partial charge in [-0.15, -0.1) is 11.3 Å². The Labute approximate surface area is 159 Å². The van der Waals surface area contributed by atoms with Crippen molar-refractivity contribution in [1.82, 2.24) is 4.98 Å². The Morgan fingerprint density at radius 2 is 1.81 bits per heavy atom. The monoisotopic (exact) mass is 378 g/mol. The normalized spacial score (nSPS) is 10.7. The second-order valence-corrected chi connectivity index (χ2v) is 6.87. The van der Waals surface area contributed by atoms with Gasteiger partial charge in [-0.3, -0.25) is 9.78 Å². The van der Waals surface area contributed by atoms with Gasteiger partial charge in [-0.1, -0.05) is 24.3 Å². The third kappa shape index (κ3) is 3.66. The molecule has 0 aliphatic heterocycles. The Morgan fingerprint density at radius 1 is 1.04 bits per heavy atom. The molecule has 4 aromatic rings. The molecule has 1 N–H and O–H groups in total. The number of hydrogen-bond acceptors (Lipinski definition) is 4. The summed E-state index contributed by atoms with van der Waals surface area (Å²) in [5.74, 6) is 0.000477. The first-order chi connectivity index (χ1) is 13.2. The van der Waals surface area contributed by atoms with Crippen LogP contribution in [0.15, 0.2) is 73.1 Å². The summed E-state index contributed by atoms with van der Waals surface area (Å²) < 4.78 is 21.0. The van der Waals surface area contributed by atoms with E-state index in [2.05, 4.69) is 10.3 Å². The summed E-state index contributed by atoms with van der Waals surface area (Å²) in [7, 11) is 0. The Hall–Kier alpha value is -3.25. The fraction of sp³-hybridized carbons (Fsp3) is 0.0476. The number of rotatable bonds is 5. The molecule has 0 atom stereocenters. The lowest BCUT2D eigenvalue weighted by atomic mass is 10.1. The number of ether oxygens (including phenoxy) is 1. The number of fused-ring (bicyclic) bond motifs is 1. The summed E-state index contributed by atoms with van der Waals surface area (Å²) in [6.45, 7) is 0.101. The number of benzene rings is 2. The Bertz CT molecular complexity index is 1080. The van der Waals surface area contributed by atoms with Crippen LogP contribution in [0.5, 0.6) is 5.75 Å². The van der Waals surface area contributed by atoms with Crippen molar-refractivity contribution >= 4 is 33.0 Å². The van der Waals surface area contributed by atoms with Crippen molar-refractivity contribution in [3.63, 3.8) is 0 Å². The fourth-order valence-electron chi connectivity index (χ4n) is 2.78. The van der Waals surface area contributed by atoms with Gasteiger partial charge in [-0.2, -0.15) is 0 Å². The van der Waals surface area contributed by atoms with Crippen LogP contribution in [-0.4, -0.2) is 10.9 Å². The molecule has 2 aromatic carbocycles. The number of aromatic nitrogens is 1. The molecule has 0 saturated carbocycles. The molecule has 0 fully saturated rings. The second kappa shape index (κ2) is 7.55. The van der Waals surface area contributed by atoms with Crippen LogP contribution in [0.25, 0.3) is 10.1 Å². The van der Waals surface area contributed by atoms with Crippen LogP contribution < -0.4 is 10.1 Å². The highest BCUT2D eigenvalue weighted by Crippen LogP contribution is 2.34. The maximum absolute atomic E-state index is 14.5. The maximum atomic E-state index is 14.5. The molecule has 0 spiro atoms. The van der Waals surface area contributed by atoms with Gasteiger partial charge in [0.05, 0.1) is 0 Å². The number of carbonyl (C=O) groups is 1. The molecule has 0 radical (unpaired) electrons. The summed E-state index contributed by atoms with van der Waals surface area (Å²) in [6, 6.07) is 17.5. The van der Waals surface area contributed by atoms with Crippen LogP contribution in [0.2, 0.25) is 0 Å². The van der Waals surface area contributed by atoms with Crippen LogP contribution in [0.1, 0.15) is 15.2 Å². The van der Waals surface area contributed by atoms with E-state index in [0.29, 0.717) is 32.0 Å². The van der Waals surface area contributed by atoms with E-state index < -0.39 is 0 Å². The average Bonchev–Trinajstić information content (AvgIpc) is 3.08. The molecule has 1 amide bonds. The van der Waals surface area contributed by atoms with Gasteiger partial charge in [0, 0.05) is 33.7 Å². The van der Waals surface area contributed by atoms with Crippen molar-refractivity contribution in [2.45, 2.75) is 6.61 Å². The van der Waals surface area contributed by atoms with Crippen molar-refractivity contribution in [3.8, 4) is 5.75 Å².